The molecule has 1 rings (SSSR count). The molecule has 0 radical (unpaired) electrons. The minimum absolute atomic E-state index is 0.0191. The minimum Gasteiger partial charge on any atom is -0.480 e. The maximum Gasteiger partial charge on any atom is 0.321 e. The van der Waals surface area contributed by atoms with Crippen LogP contribution in [0.3, 0.4) is 0 Å². The Morgan fingerprint density at radius 3 is 2.05 bits per heavy atom. The number of rotatable bonds is 7. The third-order valence-electron chi connectivity index (χ3n) is 3.32. The third kappa shape index (κ3) is 3.81. The highest BCUT2D eigenvalue weighted by molar-refractivity contribution is 5.98. The van der Waals surface area contributed by atoms with Gasteiger partial charge in [-0.25, -0.2) is 0 Å². The predicted octanol–water partition coefficient (Wildman–Crippen LogP) is 2.82. The second-order valence-corrected chi connectivity index (χ2v) is 5.29. The van der Waals surface area contributed by atoms with Crippen LogP contribution in [0.15, 0.2) is 30.3 Å². The topological polar surface area (TPSA) is 74.6 Å². The van der Waals surface area contributed by atoms with Gasteiger partial charge in [0.1, 0.15) is 0 Å². The van der Waals surface area contributed by atoms with E-state index in [0.29, 0.717) is 6.42 Å². The molecule has 0 spiro atoms. The van der Waals surface area contributed by atoms with Gasteiger partial charge in [-0.15, -0.1) is 0 Å². The maximum absolute atomic E-state index is 11.5. The van der Waals surface area contributed by atoms with E-state index in [2.05, 4.69) is 0 Å². The van der Waals surface area contributed by atoms with E-state index in [9.17, 15) is 19.8 Å². The number of carboxylic acid groups (broad SMARTS) is 2. The molecular formula is C15H20O4. The Morgan fingerprint density at radius 2 is 1.63 bits per heavy atom. The molecular weight excluding hydrogens is 244 g/mol. The first-order valence-electron chi connectivity index (χ1n) is 6.39. The average molecular weight is 264 g/mol. The van der Waals surface area contributed by atoms with Gasteiger partial charge in [0.25, 0.3) is 0 Å². The fourth-order valence-electron chi connectivity index (χ4n) is 2.02. The van der Waals surface area contributed by atoms with Gasteiger partial charge in [0.15, 0.2) is 5.41 Å². The van der Waals surface area contributed by atoms with Crippen molar-refractivity contribution < 1.29 is 19.8 Å². The number of carbonyl (C=O) groups is 2. The van der Waals surface area contributed by atoms with Gasteiger partial charge in [0.2, 0.25) is 0 Å². The van der Waals surface area contributed by atoms with Crippen molar-refractivity contribution in [2.75, 3.05) is 0 Å². The van der Waals surface area contributed by atoms with Crippen molar-refractivity contribution in [1.82, 2.24) is 0 Å². The molecule has 1 aromatic rings. The molecule has 0 aromatic heterocycles. The number of hydrogen-bond acceptors (Lipinski definition) is 2. The molecule has 0 heterocycles. The summed E-state index contributed by atoms with van der Waals surface area (Å²) in [5.41, 5.74) is -0.998. The highest BCUT2D eigenvalue weighted by Crippen LogP contribution is 2.31. The standard InChI is InChI=1S/C15H20O4/c1-11(2)8-9-15(13(16)17,14(18)19)10-12-6-4-3-5-7-12/h3-7,11H,8-10H2,1-2H3,(H,16,17)(H,18,19). The Hall–Kier alpha value is -1.84. The summed E-state index contributed by atoms with van der Waals surface area (Å²) in [6.45, 7) is 3.91. The van der Waals surface area contributed by atoms with Gasteiger partial charge in [0, 0.05) is 0 Å². The number of benzene rings is 1. The summed E-state index contributed by atoms with van der Waals surface area (Å²) in [4.78, 5) is 23.0. The second kappa shape index (κ2) is 6.36. The lowest BCUT2D eigenvalue weighted by Gasteiger charge is -2.25. The zero-order valence-electron chi connectivity index (χ0n) is 11.3. The highest BCUT2D eigenvalue weighted by Gasteiger charge is 2.46. The molecule has 4 heteroatoms. The van der Waals surface area contributed by atoms with Crippen molar-refractivity contribution in [3.05, 3.63) is 35.9 Å². The molecule has 19 heavy (non-hydrogen) atoms. The molecule has 0 aliphatic carbocycles. The summed E-state index contributed by atoms with van der Waals surface area (Å²) in [7, 11) is 0. The summed E-state index contributed by atoms with van der Waals surface area (Å²) in [5, 5.41) is 18.8. The second-order valence-electron chi connectivity index (χ2n) is 5.29. The predicted molar refractivity (Wildman–Crippen MR) is 71.9 cm³/mol. The third-order valence-corrected chi connectivity index (χ3v) is 3.32. The van der Waals surface area contributed by atoms with Crippen molar-refractivity contribution >= 4 is 11.9 Å². The lowest BCUT2D eigenvalue weighted by Crippen LogP contribution is -2.41. The zero-order chi connectivity index (χ0) is 14.5. The van der Waals surface area contributed by atoms with Crippen molar-refractivity contribution in [1.29, 1.82) is 0 Å². The Balaban J connectivity index is 3.03. The average Bonchev–Trinajstić information content (AvgIpc) is 2.34. The van der Waals surface area contributed by atoms with Crippen molar-refractivity contribution in [3.63, 3.8) is 0 Å². The largest absolute Gasteiger partial charge is 0.480 e. The molecule has 0 amide bonds. The maximum atomic E-state index is 11.5. The van der Waals surface area contributed by atoms with Gasteiger partial charge in [0.05, 0.1) is 0 Å². The van der Waals surface area contributed by atoms with E-state index in [1.807, 2.05) is 19.9 Å². The van der Waals surface area contributed by atoms with E-state index < -0.39 is 17.4 Å². The molecule has 104 valence electrons. The van der Waals surface area contributed by atoms with Crippen LogP contribution in [0.5, 0.6) is 0 Å². The Morgan fingerprint density at radius 1 is 1.11 bits per heavy atom. The molecule has 0 aliphatic heterocycles. The summed E-state index contributed by atoms with van der Waals surface area (Å²) in [5.74, 6) is -2.25. The monoisotopic (exact) mass is 264 g/mol. The van der Waals surface area contributed by atoms with Crippen LogP contribution >= 0.6 is 0 Å². The van der Waals surface area contributed by atoms with Crippen LogP contribution in [0, 0.1) is 11.3 Å². The fourth-order valence-corrected chi connectivity index (χ4v) is 2.02. The molecule has 0 bridgehead atoms. The molecule has 4 nitrogen and oxygen atoms in total. The number of hydrogen-bond donors (Lipinski definition) is 2. The first kappa shape index (κ1) is 15.2. The smallest absolute Gasteiger partial charge is 0.321 e. The van der Waals surface area contributed by atoms with E-state index in [4.69, 9.17) is 0 Å². The number of aliphatic carboxylic acids is 2. The van der Waals surface area contributed by atoms with E-state index in [1.54, 1.807) is 24.3 Å². The van der Waals surface area contributed by atoms with Crippen LogP contribution in [0.2, 0.25) is 0 Å². The van der Waals surface area contributed by atoms with Crippen LogP contribution in [-0.4, -0.2) is 22.2 Å². The first-order chi connectivity index (χ1) is 8.88. The summed E-state index contributed by atoms with van der Waals surface area (Å²) < 4.78 is 0. The summed E-state index contributed by atoms with van der Waals surface area (Å²) >= 11 is 0. The van der Waals surface area contributed by atoms with E-state index in [0.717, 1.165) is 5.56 Å². The van der Waals surface area contributed by atoms with E-state index in [-0.39, 0.29) is 18.8 Å². The normalized spacial score (nSPS) is 11.5. The summed E-state index contributed by atoms with van der Waals surface area (Å²) in [6, 6.07) is 8.91. The van der Waals surface area contributed by atoms with E-state index in [1.165, 1.54) is 0 Å². The van der Waals surface area contributed by atoms with Gasteiger partial charge < -0.3 is 10.2 Å². The molecule has 0 unspecified atom stereocenters. The lowest BCUT2D eigenvalue weighted by atomic mass is 9.76. The Labute approximate surface area is 113 Å². The van der Waals surface area contributed by atoms with Crippen LogP contribution in [-0.2, 0) is 16.0 Å². The first-order valence-corrected chi connectivity index (χ1v) is 6.39. The lowest BCUT2D eigenvalue weighted by molar-refractivity contribution is -0.165. The molecule has 0 saturated heterocycles. The van der Waals surface area contributed by atoms with Crippen LogP contribution in [0.4, 0.5) is 0 Å². The van der Waals surface area contributed by atoms with Crippen LogP contribution in [0.1, 0.15) is 32.3 Å². The molecule has 0 fully saturated rings. The van der Waals surface area contributed by atoms with E-state index >= 15 is 0 Å². The van der Waals surface area contributed by atoms with Crippen LogP contribution in [0.25, 0.3) is 0 Å². The highest BCUT2D eigenvalue weighted by atomic mass is 16.4. The molecule has 0 saturated carbocycles. The van der Waals surface area contributed by atoms with Gasteiger partial charge >= 0.3 is 11.9 Å². The van der Waals surface area contributed by atoms with Crippen molar-refractivity contribution in [3.8, 4) is 0 Å². The quantitative estimate of drug-likeness (QED) is 0.743. The van der Waals surface area contributed by atoms with Gasteiger partial charge in [-0.2, -0.15) is 0 Å². The van der Waals surface area contributed by atoms with Gasteiger partial charge in [-0.3, -0.25) is 9.59 Å². The van der Waals surface area contributed by atoms with Crippen molar-refractivity contribution in [2.24, 2.45) is 11.3 Å². The Kier molecular flexibility index (Phi) is 5.10. The SMILES string of the molecule is CC(C)CCC(Cc1ccccc1)(C(=O)O)C(=O)O. The minimum atomic E-state index is -1.73. The molecule has 1 aromatic carbocycles. The van der Waals surface area contributed by atoms with Gasteiger partial charge in [-0.05, 0) is 30.7 Å². The molecule has 2 N–H and O–H groups in total. The number of carboxylic acids is 2. The van der Waals surface area contributed by atoms with Gasteiger partial charge in [-0.1, -0.05) is 44.2 Å². The Bertz CT molecular complexity index is 423. The summed E-state index contributed by atoms with van der Waals surface area (Å²) in [6.07, 6.45) is 0.737. The zero-order valence-corrected chi connectivity index (χ0v) is 11.3. The van der Waals surface area contributed by atoms with Crippen molar-refractivity contribution in [2.45, 2.75) is 33.1 Å². The molecule has 0 atom stereocenters. The fraction of sp³-hybridized carbons (Fsp3) is 0.467. The van der Waals surface area contributed by atoms with Crippen LogP contribution < -0.4 is 0 Å². The molecule has 0 aliphatic rings.